The van der Waals surface area contributed by atoms with Crippen molar-refractivity contribution in [1.82, 2.24) is 0 Å². The molecule has 0 spiro atoms. The molecule has 1 aromatic carbocycles. The molecule has 2 nitrogen and oxygen atoms in total. The molecule has 0 bridgehead atoms. The van der Waals surface area contributed by atoms with Gasteiger partial charge in [0.2, 0.25) is 0 Å². The summed E-state index contributed by atoms with van der Waals surface area (Å²) in [5, 5.41) is 11.2. The summed E-state index contributed by atoms with van der Waals surface area (Å²) in [4.78, 5) is 0. The van der Waals surface area contributed by atoms with Gasteiger partial charge in [-0.05, 0) is 31.9 Å². The summed E-state index contributed by atoms with van der Waals surface area (Å²) >= 11 is 0. The maximum atomic E-state index is 8.05. The van der Waals surface area contributed by atoms with Crippen molar-refractivity contribution >= 4 is 11.4 Å². The third kappa shape index (κ3) is 1.65. The van der Waals surface area contributed by atoms with Crippen molar-refractivity contribution < 1.29 is 0 Å². The van der Waals surface area contributed by atoms with Crippen LogP contribution in [-0.4, -0.2) is 12.8 Å². The van der Waals surface area contributed by atoms with Gasteiger partial charge in [-0.1, -0.05) is 11.6 Å². The van der Waals surface area contributed by atoms with Gasteiger partial charge in [0, 0.05) is 29.9 Å². The quantitative estimate of drug-likeness (QED) is 0.703. The van der Waals surface area contributed by atoms with E-state index < -0.39 is 0 Å². The number of anilines is 1. The molecule has 1 aliphatic rings. The number of nitrogens with one attached hydrogen (secondary N) is 2. The Kier molecular flexibility index (Phi) is 2.28. The normalized spacial score (nSPS) is 15.3. The summed E-state index contributed by atoms with van der Waals surface area (Å²) in [6.07, 6.45) is 2.38. The zero-order chi connectivity index (χ0) is 10.1. The molecule has 1 saturated carbocycles. The van der Waals surface area contributed by atoms with Crippen molar-refractivity contribution in [2.24, 2.45) is 5.92 Å². The van der Waals surface area contributed by atoms with Gasteiger partial charge >= 0.3 is 0 Å². The third-order valence-electron chi connectivity index (χ3n) is 2.72. The minimum Gasteiger partial charge on any atom is -0.388 e. The Morgan fingerprint density at radius 3 is 2.71 bits per heavy atom. The lowest BCUT2D eigenvalue weighted by molar-refractivity contribution is 1.16. The molecule has 2 N–H and O–H groups in total. The first-order chi connectivity index (χ1) is 6.72. The molecule has 1 aromatic rings. The van der Waals surface area contributed by atoms with Crippen molar-refractivity contribution in [1.29, 1.82) is 5.41 Å². The summed E-state index contributed by atoms with van der Waals surface area (Å²) in [5.41, 5.74) is 4.19. The Morgan fingerprint density at radius 1 is 1.43 bits per heavy atom. The molecule has 1 fully saturated rings. The summed E-state index contributed by atoms with van der Waals surface area (Å²) in [5.74, 6) is 0.517. The molecule has 0 saturated heterocycles. The van der Waals surface area contributed by atoms with Crippen LogP contribution < -0.4 is 5.32 Å². The van der Waals surface area contributed by atoms with E-state index in [4.69, 9.17) is 5.41 Å². The smallest absolute Gasteiger partial charge is 0.0437 e. The van der Waals surface area contributed by atoms with E-state index in [2.05, 4.69) is 30.4 Å². The van der Waals surface area contributed by atoms with Gasteiger partial charge in [0.15, 0.2) is 0 Å². The Hall–Kier alpha value is -1.31. The highest BCUT2D eigenvalue weighted by atomic mass is 14.8. The average Bonchev–Trinajstić information content (AvgIpc) is 3.00. The first-order valence-electron chi connectivity index (χ1n) is 5.09. The van der Waals surface area contributed by atoms with Crippen LogP contribution in [0.5, 0.6) is 0 Å². The van der Waals surface area contributed by atoms with Crippen LogP contribution in [0.15, 0.2) is 18.2 Å². The molecule has 0 aromatic heterocycles. The molecule has 74 valence electrons. The Balaban J connectivity index is 2.37. The number of aryl methyl sites for hydroxylation is 1. The highest BCUT2D eigenvalue weighted by molar-refractivity contribution is 6.05. The predicted molar refractivity (Wildman–Crippen MR) is 60.3 cm³/mol. The maximum absolute atomic E-state index is 8.05. The van der Waals surface area contributed by atoms with Gasteiger partial charge in [-0.2, -0.15) is 0 Å². The van der Waals surface area contributed by atoms with Crippen molar-refractivity contribution in [3.63, 3.8) is 0 Å². The first kappa shape index (κ1) is 9.25. The fourth-order valence-corrected chi connectivity index (χ4v) is 1.69. The molecule has 0 atom stereocenters. The average molecular weight is 188 g/mol. The van der Waals surface area contributed by atoms with E-state index in [0.29, 0.717) is 5.92 Å². The van der Waals surface area contributed by atoms with E-state index >= 15 is 0 Å². The largest absolute Gasteiger partial charge is 0.388 e. The molecule has 0 radical (unpaired) electrons. The molecule has 0 amide bonds. The molecule has 0 aliphatic heterocycles. The van der Waals surface area contributed by atoms with Gasteiger partial charge in [-0.15, -0.1) is 0 Å². The Morgan fingerprint density at radius 2 is 2.14 bits per heavy atom. The zero-order valence-corrected chi connectivity index (χ0v) is 8.72. The van der Waals surface area contributed by atoms with Crippen LogP contribution in [0.3, 0.4) is 0 Å². The van der Waals surface area contributed by atoms with Crippen LogP contribution in [0.2, 0.25) is 0 Å². The van der Waals surface area contributed by atoms with E-state index in [0.717, 1.165) is 17.0 Å². The van der Waals surface area contributed by atoms with Gasteiger partial charge in [0.1, 0.15) is 0 Å². The molecular formula is C12H16N2. The van der Waals surface area contributed by atoms with Crippen LogP contribution in [0.1, 0.15) is 24.0 Å². The van der Waals surface area contributed by atoms with Gasteiger partial charge in [0.05, 0.1) is 0 Å². The zero-order valence-electron chi connectivity index (χ0n) is 8.72. The molecule has 14 heavy (non-hydrogen) atoms. The van der Waals surface area contributed by atoms with Crippen LogP contribution in [0.25, 0.3) is 0 Å². The number of hydrogen-bond acceptors (Lipinski definition) is 2. The predicted octanol–water partition coefficient (Wildman–Crippen LogP) is 2.81. The number of benzene rings is 1. The third-order valence-corrected chi connectivity index (χ3v) is 2.72. The van der Waals surface area contributed by atoms with E-state index in [1.165, 1.54) is 18.4 Å². The van der Waals surface area contributed by atoms with Crippen molar-refractivity contribution in [2.45, 2.75) is 19.8 Å². The summed E-state index contributed by atoms with van der Waals surface area (Å²) in [6.45, 7) is 2.07. The molecule has 1 aliphatic carbocycles. The van der Waals surface area contributed by atoms with Gasteiger partial charge in [0.25, 0.3) is 0 Å². The topological polar surface area (TPSA) is 35.9 Å². The highest BCUT2D eigenvalue weighted by Crippen LogP contribution is 2.34. The lowest BCUT2D eigenvalue weighted by atomic mass is 10.0. The van der Waals surface area contributed by atoms with Crippen LogP contribution in [0.4, 0.5) is 5.69 Å². The highest BCUT2D eigenvalue weighted by Gasteiger charge is 2.28. The lowest BCUT2D eigenvalue weighted by Gasteiger charge is -2.10. The minimum atomic E-state index is 0.517. The number of rotatable bonds is 3. The fraction of sp³-hybridized carbons (Fsp3) is 0.417. The van der Waals surface area contributed by atoms with Crippen LogP contribution in [-0.2, 0) is 0 Å². The molecule has 0 heterocycles. The molecular weight excluding hydrogens is 172 g/mol. The van der Waals surface area contributed by atoms with E-state index in [1.54, 1.807) is 0 Å². The summed E-state index contributed by atoms with van der Waals surface area (Å²) in [7, 11) is 1.91. The standard InChI is InChI=1S/C12H16N2/c1-8-3-6-11(14-2)10(7-8)12(13)9-4-5-9/h3,6-7,9,13-14H,4-5H2,1-2H3. The number of hydrogen-bond donors (Lipinski definition) is 2. The van der Waals surface area contributed by atoms with Crippen molar-refractivity contribution in [2.75, 3.05) is 12.4 Å². The van der Waals surface area contributed by atoms with Crippen LogP contribution >= 0.6 is 0 Å². The van der Waals surface area contributed by atoms with Gasteiger partial charge in [-0.3, -0.25) is 0 Å². The van der Waals surface area contributed by atoms with Crippen molar-refractivity contribution in [3.8, 4) is 0 Å². The Labute approximate surface area is 84.9 Å². The van der Waals surface area contributed by atoms with Gasteiger partial charge < -0.3 is 10.7 Å². The SMILES string of the molecule is CNc1ccc(C)cc1C(=N)C1CC1. The second-order valence-corrected chi connectivity index (χ2v) is 3.99. The fourth-order valence-electron chi connectivity index (χ4n) is 1.69. The van der Waals surface area contributed by atoms with Crippen LogP contribution in [0, 0.1) is 18.3 Å². The van der Waals surface area contributed by atoms with E-state index in [1.807, 2.05) is 7.05 Å². The molecule has 2 rings (SSSR count). The van der Waals surface area contributed by atoms with Crippen molar-refractivity contribution in [3.05, 3.63) is 29.3 Å². The van der Waals surface area contributed by atoms with E-state index in [-0.39, 0.29) is 0 Å². The second kappa shape index (κ2) is 3.45. The Bertz CT molecular complexity index is 365. The second-order valence-electron chi connectivity index (χ2n) is 3.99. The van der Waals surface area contributed by atoms with E-state index in [9.17, 15) is 0 Å². The maximum Gasteiger partial charge on any atom is 0.0437 e. The summed E-state index contributed by atoms with van der Waals surface area (Å²) < 4.78 is 0. The molecule has 2 heteroatoms. The van der Waals surface area contributed by atoms with Gasteiger partial charge in [-0.25, -0.2) is 0 Å². The lowest BCUT2D eigenvalue weighted by Crippen LogP contribution is -2.06. The summed E-state index contributed by atoms with van der Waals surface area (Å²) in [6, 6.07) is 6.24. The monoisotopic (exact) mass is 188 g/mol. The minimum absolute atomic E-state index is 0.517. The molecule has 0 unspecified atom stereocenters. The first-order valence-corrected chi connectivity index (χ1v) is 5.09.